The first-order valence-corrected chi connectivity index (χ1v) is 10.0. The summed E-state index contributed by atoms with van der Waals surface area (Å²) in [6.45, 7) is 0. The van der Waals surface area contributed by atoms with Crippen LogP contribution in [-0.4, -0.2) is 44.4 Å². The number of carbonyl (C=O) groups is 1. The second-order valence-corrected chi connectivity index (χ2v) is 7.63. The van der Waals surface area contributed by atoms with Crippen molar-refractivity contribution in [2.45, 2.75) is 0 Å². The molecule has 2 aromatic carbocycles. The smallest absolute Gasteiger partial charge is 0.239 e. The fraction of sp³-hybridized carbons (Fsp3) is 0.150. The molecule has 0 aliphatic heterocycles. The Bertz CT molecular complexity index is 1040. The lowest BCUT2D eigenvalue weighted by Crippen LogP contribution is -2.25. The Balaban J connectivity index is 1.95. The predicted octanol–water partition coefficient (Wildman–Crippen LogP) is 2.29. The first-order valence-electron chi connectivity index (χ1n) is 8.35. The van der Waals surface area contributed by atoms with Gasteiger partial charge in [0.1, 0.15) is 5.75 Å². The lowest BCUT2D eigenvalue weighted by Gasteiger charge is -2.04. The van der Waals surface area contributed by atoms with E-state index in [1.54, 1.807) is 12.1 Å². The SMILES string of the molecule is COc1ccc(/C=C/NS(=O)(=O)CC(=O)/C=C/c2ccc(OC)c(O)c2)cc1O. The molecule has 0 aromatic heterocycles. The van der Waals surface area contributed by atoms with E-state index < -0.39 is 21.6 Å². The van der Waals surface area contributed by atoms with E-state index in [2.05, 4.69) is 4.72 Å². The van der Waals surface area contributed by atoms with Crippen LogP contribution in [0.5, 0.6) is 23.0 Å². The van der Waals surface area contributed by atoms with E-state index >= 15 is 0 Å². The van der Waals surface area contributed by atoms with Gasteiger partial charge in [0, 0.05) is 6.20 Å². The predicted molar refractivity (Wildman–Crippen MR) is 109 cm³/mol. The number of nitrogens with one attached hydrogen (secondary N) is 1. The number of benzene rings is 2. The summed E-state index contributed by atoms with van der Waals surface area (Å²) in [4.78, 5) is 11.9. The number of allylic oxidation sites excluding steroid dienone is 1. The molecule has 0 aliphatic carbocycles. The van der Waals surface area contributed by atoms with Gasteiger partial charge in [-0.05, 0) is 47.5 Å². The second kappa shape index (κ2) is 9.65. The Kier molecular flexibility index (Phi) is 7.27. The van der Waals surface area contributed by atoms with Crippen LogP contribution in [0.25, 0.3) is 12.2 Å². The minimum Gasteiger partial charge on any atom is -0.504 e. The molecular formula is C20H21NO7S. The summed E-state index contributed by atoms with van der Waals surface area (Å²) in [6.07, 6.45) is 5.10. The second-order valence-electron chi connectivity index (χ2n) is 5.87. The lowest BCUT2D eigenvalue weighted by molar-refractivity contribution is -0.112. The van der Waals surface area contributed by atoms with Crippen molar-refractivity contribution in [3.63, 3.8) is 0 Å². The number of phenolic OH excluding ortho intramolecular Hbond substituents is 2. The van der Waals surface area contributed by atoms with Crippen LogP contribution in [0.3, 0.4) is 0 Å². The van der Waals surface area contributed by atoms with Gasteiger partial charge >= 0.3 is 0 Å². The summed E-state index contributed by atoms with van der Waals surface area (Å²) in [5.74, 6) is -0.969. The molecule has 154 valence electrons. The van der Waals surface area contributed by atoms with Crippen LogP contribution >= 0.6 is 0 Å². The van der Waals surface area contributed by atoms with Gasteiger partial charge in [-0.25, -0.2) is 8.42 Å². The minimum absolute atomic E-state index is 0.0811. The molecular weight excluding hydrogens is 398 g/mol. The van der Waals surface area contributed by atoms with E-state index in [1.807, 2.05) is 0 Å². The standard InChI is InChI=1S/C20H21NO7S/c1-27-19-7-4-14(11-17(19)23)3-6-16(22)13-29(25,26)21-10-9-15-5-8-20(28-2)18(24)12-15/h3-12,21,23-24H,13H2,1-2H3/b6-3+,10-9+. The molecule has 2 aromatic rings. The Morgan fingerprint density at radius 1 is 0.966 bits per heavy atom. The van der Waals surface area contributed by atoms with Gasteiger partial charge in [0.05, 0.1) is 14.2 Å². The van der Waals surface area contributed by atoms with Gasteiger partial charge in [0.2, 0.25) is 10.0 Å². The Morgan fingerprint density at radius 3 is 1.97 bits per heavy atom. The summed E-state index contributed by atoms with van der Waals surface area (Å²) < 4.78 is 36.0. The molecule has 0 heterocycles. The molecule has 9 heteroatoms. The van der Waals surface area contributed by atoms with Crippen LogP contribution in [0.1, 0.15) is 11.1 Å². The van der Waals surface area contributed by atoms with Gasteiger partial charge < -0.3 is 19.7 Å². The number of ether oxygens (including phenoxy) is 2. The number of methoxy groups -OCH3 is 2. The number of rotatable bonds is 9. The van der Waals surface area contributed by atoms with Crippen LogP contribution in [0, 0.1) is 0 Å². The number of hydrogen-bond donors (Lipinski definition) is 3. The Labute approximate surface area is 168 Å². The van der Waals surface area contributed by atoms with Crippen molar-refractivity contribution in [1.82, 2.24) is 4.72 Å². The highest BCUT2D eigenvalue weighted by atomic mass is 32.2. The van der Waals surface area contributed by atoms with E-state index in [0.29, 0.717) is 16.9 Å². The van der Waals surface area contributed by atoms with Crippen LogP contribution < -0.4 is 14.2 Å². The summed E-state index contributed by atoms with van der Waals surface area (Å²) in [7, 11) is -1.06. The number of carbonyl (C=O) groups excluding carboxylic acids is 1. The highest BCUT2D eigenvalue weighted by Crippen LogP contribution is 2.27. The van der Waals surface area contributed by atoms with E-state index in [0.717, 1.165) is 12.3 Å². The summed E-state index contributed by atoms with van der Waals surface area (Å²) >= 11 is 0. The monoisotopic (exact) mass is 419 g/mol. The van der Waals surface area contributed by atoms with Gasteiger partial charge in [0.25, 0.3) is 0 Å². The van der Waals surface area contributed by atoms with E-state index in [-0.39, 0.29) is 17.2 Å². The average Bonchev–Trinajstić information content (AvgIpc) is 2.66. The minimum atomic E-state index is -3.89. The van der Waals surface area contributed by atoms with Gasteiger partial charge in [-0.3, -0.25) is 9.52 Å². The van der Waals surface area contributed by atoms with Crippen molar-refractivity contribution in [3.8, 4) is 23.0 Å². The maximum atomic E-state index is 12.0. The van der Waals surface area contributed by atoms with E-state index in [9.17, 15) is 23.4 Å². The van der Waals surface area contributed by atoms with Crippen molar-refractivity contribution >= 4 is 28.0 Å². The number of ketones is 1. The topological polar surface area (TPSA) is 122 Å². The Morgan fingerprint density at radius 2 is 1.48 bits per heavy atom. The summed E-state index contributed by atoms with van der Waals surface area (Å²) in [5, 5.41) is 19.4. The quantitative estimate of drug-likeness (QED) is 0.533. The molecule has 0 bridgehead atoms. The van der Waals surface area contributed by atoms with Crippen LogP contribution in [-0.2, 0) is 14.8 Å². The van der Waals surface area contributed by atoms with Crippen LogP contribution in [0.4, 0.5) is 0 Å². The third kappa shape index (κ3) is 6.58. The number of sulfonamides is 1. The fourth-order valence-electron chi connectivity index (χ4n) is 2.32. The van der Waals surface area contributed by atoms with Gasteiger partial charge in [-0.15, -0.1) is 0 Å². The molecule has 0 atom stereocenters. The zero-order chi connectivity index (χ0) is 21.4. The van der Waals surface area contributed by atoms with E-state index in [4.69, 9.17) is 9.47 Å². The van der Waals surface area contributed by atoms with Crippen molar-refractivity contribution in [2.24, 2.45) is 0 Å². The molecule has 0 saturated heterocycles. The average molecular weight is 419 g/mol. The summed E-state index contributed by atoms with van der Waals surface area (Å²) in [5.41, 5.74) is 1.05. The zero-order valence-electron chi connectivity index (χ0n) is 15.8. The molecule has 2 rings (SSSR count). The first-order chi connectivity index (χ1) is 13.7. The number of phenols is 2. The first kappa shape index (κ1) is 21.8. The van der Waals surface area contributed by atoms with Gasteiger partial charge in [-0.2, -0.15) is 0 Å². The number of hydrogen-bond acceptors (Lipinski definition) is 7. The highest BCUT2D eigenvalue weighted by molar-refractivity contribution is 7.90. The van der Waals surface area contributed by atoms with Gasteiger partial charge in [0.15, 0.2) is 28.8 Å². The molecule has 8 nitrogen and oxygen atoms in total. The molecule has 0 fully saturated rings. The largest absolute Gasteiger partial charge is 0.504 e. The van der Waals surface area contributed by atoms with E-state index in [1.165, 1.54) is 50.6 Å². The molecule has 29 heavy (non-hydrogen) atoms. The van der Waals surface area contributed by atoms with Crippen LogP contribution in [0.15, 0.2) is 48.7 Å². The van der Waals surface area contributed by atoms with Crippen molar-refractivity contribution in [1.29, 1.82) is 0 Å². The third-order valence-electron chi connectivity index (χ3n) is 3.72. The van der Waals surface area contributed by atoms with Crippen LogP contribution in [0.2, 0.25) is 0 Å². The maximum absolute atomic E-state index is 12.0. The van der Waals surface area contributed by atoms with Crippen molar-refractivity contribution in [3.05, 3.63) is 59.8 Å². The fourth-order valence-corrected chi connectivity index (χ4v) is 3.15. The molecule has 0 saturated carbocycles. The lowest BCUT2D eigenvalue weighted by atomic mass is 10.2. The molecule has 3 N–H and O–H groups in total. The highest BCUT2D eigenvalue weighted by Gasteiger charge is 2.12. The molecule has 0 amide bonds. The molecule has 0 aliphatic rings. The van der Waals surface area contributed by atoms with Gasteiger partial charge in [-0.1, -0.05) is 18.2 Å². The maximum Gasteiger partial charge on any atom is 0.239 e. The van der Waals surface area contributed by atoms with Crippen molar-refractivity contribution in [2.75, 3.05) is 20.0 Å². The third-order valence-corrected chi connectivity index (χ3v) is 4.88. The molecule has 0 unspecified atom stereocenters. The number of aromatic hydroxyl groups is 2. The molecule has 0 spiro atoms. The van der Waals surface area contributed by atoms with Crippen molar-refractivity contribution < 1.29 is 32.9 Å². The molecule has 0 radical (unpaired) electrons. The Hall–Kier alpha value is -3.46. The normalized spacial score (nSPS) is 11.7. The zero-order valence-corrected chi connectivity index (χ0v) is 16.6. The summed E-state index contributed by atoms with van der Waals surface area (Å²) in [6, 6.07) is 9.10.